The summed E-state index contributed by atoms with van der Waals surface area (Å²) >= 11 is 0. The number of fused-ring (bicyclic) bond motifs is 1. The molecular formula is C18H21F4N5O3. The lowest BCUT2D eigenvalue weighted by Crippen LogP contribution is -2.53. The molecule has 2 aliphatic heterocycles. The van der Waals surface area contributed by atoms with Crippen molar-refractivity contribution >= 4 is 11.8 Å². The van der Waals surface area contributed by atoms with Crippen molar-refractivity contribution in [3.63, 3.8) is 0 Å². The Bertz CT molecular complexity index is 989. The molecule has 0 radical (unpaired) electrons. The summed E-state index contributed by atoms with van der Waals surface area (Å²) in [5, 5.41) is 3.70. The van der Waals surface area contributed by atoms with Gasteiger partial charge in [0, 0.05) is 18.7 Å². The first-order valence-corrected chi connectivity index (χ1v) is 9.56. The minimum atomic E-state index is -4.56. The van der Waals surface area contributed by atoms with Crippen molar-refractivity contribution in [3.05, 3.63) is 33.7 Å². The van der Waals surface area contributed by atoms with Crippen LogP contribution in [0.1, 0.15) is 24.6 Å². The molecule has 4 heterocycles. The van der Waals surface area contributed by atoms with E-state index in [0.717, 1.165) is 9.47 Å². The maximum Gasteiger partial charge on any atom is 0.408 e. The monoisotopic (exact) mass is 431 g/mol. The minimum absolute atomic E-state index is 0.218. The minimum Gasteiger partial charge on any atom is -0.377 e. The molecule has 1 fully saturated rings. The van der Waals surface area contributed by atoms with E-state index in [1.165, 1.54) is 6.26 Å². The molecule has 2 atom stereocenters. The average molecular weight is 431 g/mol. The predicted octanol–water partition coefficient (Wildman–Crippen LogP) is 2.25. The van der Waals surface area contributed by atoms with E-state index in [-0.39, 0.29) is 37.4 Å². The summed E-state index contributed by atoms with van der Waals surface area (Å²) < 4.78 is 67.5. The lowest BCUT2D eigenvalue weighted by Gasteiger charge is -2.40. The van der Waals surface area contributed by atoms with Gasteiger partial charge in [0.25, 0.3) is 5.56 Å². The van der Waals surface area contributed by atoms with Crippen molar-refractivity contribution < 1.29 is 26.8 Å². The first-order valence-electron chi connectivity index (χ1n) is 9.56. The smallest absolute Gasteiger partial charge is 0.377 e. The Labute approximate surface area is 169 Å². The van der Waals surface area contributed by atoms with Gasteiger partial charge in [-0.3, -0.25) is 9.36 Å². The van der Waals surface area contributed by atoms with Gasteiger partial charge in [-0.1, -0.05) is 5.16 Å². The van der Waals surface area contributed by atoms with Gasteiger partial charge in [-0.25, -0.2) is 0 Å². The number of hydrogen-bond donors (Lipinski definition) is 0. The summed E-state index contributed by atoms with van der Waals surface area (Å²) in [6, 6.07) is -2.15. The van der Waals surface area contributed by atoms with Crippen LogP contribution in [0.5, 0.6) is 0 Å². The van der Waals surface area contributed by atoms with Crippen LogP contribution in [0, 0.1) is 12.7 Å². The average Bonchev–Trinajstić information content (AvgIpc) is 3.09. The molecule has 0 aliphatic carbocycles. The zero-order valence-electron chi connectivity index (χ0n) is 16.4. The van der Waals surface area contributed by atoms with E-state index in [2.05, 4.69) is 10.1 Å². The number of nitrogens with zero attached hydrogens (tertiary/aromatic N) is 5. The van der Waals surface area contributed by atoms with Crippen LogP contribution in [0.2, 0.25) is 0 Å². The second-order valence-electron chi connectivity index (χ2n) is 7.52. The maximum atomic E-state index is 14.9. The van der Waals surface area contributed by atoms with Gasteiger partial charge in [-0.15, -0.1) is 0 Å². The van der Waals surface area contributed by atoms with Crippen molar-refractivity contribution in [3.8, 4) is 0 Å². The van der Waals surface area contributed by atoms with Crippen LogP contribution in [-0.2, 0) is 17.8 Å². The zero-order chi connectivity index (χ0) is 21.6. The summed E-state index contributed by atoms with van der Waals surface area (Å²) in [5.41, 5.74) is -0.126. The van der Waals surface area contributed by atoms with Crippen molar-refractivity contribution in [2.75, 3.05) is 29.6 Å². The fourth-order valence-corrected chi connectivity index (χ4v) is 3.88. The molecule has 164 valence electrons. The fourth-order valence-electron chi connectivity index (χ4n) is 3.88. The number of alkyl halides is 3. The highest BCUT2D eigenvalue weighted by molar-refractivity contribution is 5.49. The summed E-state index contributed by atoms with van der Waals surface area (Å²) in [6.45, 7) is 3.76. The molecule has 2 aliphatic rings. The molecule has 1 saturated heterocycles. The molecule has 1 unspecified atom stereocenters. The summed E-state index contributed by atoms with van der Waals surface area (Å²) in [6.07, 6.45) is -3.70. The number of aromatic nitrogens is 3. The molecule has 0 aromatic carbocycles. The number of rotatable bonds is 3. The second-order valence-corrected chi connectivity index (χ2v) is 7.52. The highest BCUT2D eigenvalue weighted by Gasteiger charge is 2.47. The number of halogens is 4. The largest absolute Gasteiger partial charge is 0.408 e. The third-order valence-corrected chi connectivity index (χ3v) is 5.54. The molecule has 30 heavy (non-hydrogen) atoms. The van der Waals surface area contributed by atoms with Gasteiger partial charge in [0.1, 0.15) is 12.3 Å². The van der Waals surface area contributed by atoms with E-state index >= 15 is 0 Å². The lowest BCUT2D eigenvalue weighted by atomic mass is 10.1. The first kappa shape index (κ1) is 20.6. The number of hydrogen-bond acceptors (Lipinski definition) is 7. The predicted molar refractivity (Wildman–Crippen MR) is 98.0 cm³/mol. The Kier molecular flexibility index (Phi) is 5.20. The lowest BCUT2D eigenvalue weighted by molar-refractivity contribution is -0.153. The quantitative estimate of drug-likeness (QED) is 0.690. The Morgan fingerprint density at radius 2 is 2.07 bits per heavy atom. The van der Waals surface area contributed by atoms with Gasteiger partial charge >= 0.3 is 6.18 Å². The zero-order valence-corrected chi connectivity index (χ0v) is 16.4. The standard InChI is InChI=1S/C18H21F4N5O3/c1-10-8-29-6-5-25(10)15-14(19)16(28)26-4-3-13(18(20,21)22)27(17(26)23-15)7-12-9-30-24-11(12)2/h9-10,13H,3-8H2,1-2H3/t10-,13?/m1/s1. The Hall–Kier alpha value is -2.63. The van der Waals surface area contributed by atoms with Crippen LogP contribution >= 0.6 is 0 Å². The molecule has 2 aromatic rings. The molecule has 0 saturated carbocycles. The van der Waals surface area contributed by atoms with Crippen molar-refractivity contribution in [1.82, 2.24) is 14.7 Å². The Morgan fingerprint density at radius 3 is 2.70 bits per heavy atom. The van der Waals surface area contributed by atoms with Crippen LogP contribution < -0.4 is 15.4 Å². The van der Waals surface area contributed by atoms with Gasteiger partial charge in [0.15, 0.2) is 5.82 Å². The molecule has 2 aromatic heterocycles. The number of ether oxygens (including phenoxy) is 1. The van der Waals surface area contributed by atoms with Gasteiger partial charge in [0.2, 0.25) is 11.8 Å². The van der Waals surface area contributed by atoms with Crippen LogP contribution in [0.15, 0.2) is 15.6 Å². The van der Waals surface area contributed by atoms with E-state index in [1.807, 2.05) is 0 Å². The second kappa shape index (κ2) is 7.56. The molecule has 8 nitrogen and oxygen atoms in total. The number of morpholine rings is 1. The van der Waals surface area contributed by atoms with E-state index in [4.69, 9.17) is 9.26 Å². The van der Waals surface area contributed by atoms with Crippen molar-refractivity contribution in [2.45, 2.75) is 51.6 Å². The van der Waals surface area contributed by atoms with E-state index in [1.54, 1.807) is 18.7 Å². The third kappa shape index (κ3) is 3.53. The third-order valence-electron chi connectivity index (χ3n) is 5.54. The highest BCUT2D eigenvalue weighted by atomic mass is 19.4. The van der Waals surface area contributed by atoms with Crippen molar-refractivity contribution in [1.29, 1.82) is 0 Å². The van der Waals surface area contributed by atoms with Gasteiger partial charge < -0.3 is 19.1 Å². The SMILES string of the molecule is Cc1nocc1CN1c2nc(N3CCOC[C@H]3C)c(F)c(=O)n2CCC1C(F)(F)F. The Morgan fingerprint density at radius 1 is 1.30 bits per heavy atom. The molecule has 0 N–H and O–H groups in total. The van der Waals surface area contributed by atoms with Crippen LogP contribution in [-0.4, -0.2) is 52.7 Å². The van der Waals surface area contributed by atoms with E-state index in [0.29, 0.717) is 24.5 Å². The van der Waals surface area contributed by atoms with Gasteiger partial charge in [0.05, 0.1) is 31.5 Å². The Balaban J connectivity index is 1.84. The van der Waals surface area contributed by atoms with Crippen LogP contribution in [0.25, 0.3) is 0 Å². The van der Waals surface area contributed by atoms with Crippen molar-refractivity contribution in [2.24, 2.45) is 0 Å². The number of aryl methyl sites for hydroxylation is 1. The molecule has 4 rings (SSSR count). The highest BCUT2D eigenvalue weighted by Crippen LogP contribution is 2.36. The summed E-state index contributed by atoms with van der Waals surface area (Å²) in [4.78, 5) is 19.5. The van der Waals surface area contributed by atoms with Gasteiger partial charge in [-0.2, -0.15) is 22.5 Å². The van der Waals surface area contributed by atoms with E-state index < -0.39 is 30.0 Å². The van der Waals surface area contributed by atoms with Crippen LogP contribution in [0.4, 0.5) is 29.3 Å². The summed E-state index contributed by atoms with van der Waals surface area (Å²) in [7, 11) is 0. The number of anilines is 2. The molecule has 0 amide bonds. The molecular weight excluding hydrogens is 410 g/mol. The normalized spacial score (nSPS) is 22.3. The molecule has 12 heteroatoms. The topological polar surface area (TPSA) is 76.6 Å². The first-order chi connectivity index (χ1) is 14.2. The summed E-state index contributed by atoms with van der Waals surface area (Å²) in [5.74, 6) is -1.54. The molecule has 0 bridgehead atoms. The maximum absolute atomic E-state index is 14.9. The fraction of sp³-hybridized carbons (Fsp3) is 0.611. The van der Waals surface area contributed by atoms with E-state index in [9.17, 15) is 22.4 Å². The van der Waals surface area contributed by atoms with Gasteiger partial charge in [-0.05, 0) is 20.3 Å². The van der Waals surface area contributed by atoms with Crippen LogP contribution in [0.3, 0.4) is 0 Å². The molecule has 0 spiro atoms.